The maximum atomic E-state index is 11.7. The molecule has 0 N–H and O–H groups in total. The summed E-state index contributed by atoms with van der Waals surface area (Å²) < 4.78 is 10.0. The van der Waals surface area contributed by atoms with Gasteiger partial charge in [0, 0.05) is 6.08 Å². The lowest BCUT2D eigenvalue weighted by molar-refractivity contribution is -0.142. The van der Waals surface area contributed by atoms with Crippen molar-refractivity contribution in [3.8, 4) is 0 Å². The smallest absolute Gasteiger partial charge is 0.350 e. The molecule has 0 radical (unpaired) electrons. The molecule has 0 atom stereocenters. The molecule has 2 rings (SSSR count). The van der Waals surface area contributed by atoms with Crippen LogP contribution >= 0.6 is 11.6 Å². The van der Waals surface area contributed by atoms with Gasteiger partial charge >= 0.3 is 11.9 Å². The van der Waals surface area contributed by atoms with Gasteiger partial charge in [0.2, 0.25) is 0 Å². The van der Waals surface area contributed by atoms with Crippen LogP contribution in [0.5, 0.6) is 0 Å². The maximum Gasteiger partial charge on any atom is 0.350 e. The largest absolute Gasteiger partial charge is 0.458 e. The first-order valence-corrected chi connectivity index (χ1v) is 7.32. The van der Waals surface area contributed by atoms with Crippen molar-refractivity contribution in [3.63, 3.8) is 0 Å². The number of esters is 2. The highest BCUT2D eigenvalue weighted by Crippen LogP contribution is 2.09. The molecule has 0 amide bonds. The molecule has 0 aliphatic rings. The average Bonchev–Trinajstić information content (AvgIpc) is 2.59. The summed E-state index contributed by atoms with van der Waals surface area (Å²) in [6.45, 7) is 0.197. The normalized spacial score (nSPS) is 10.9. The Morgan fingerprint density at radius 2 is 1.30 bits per heavy atom. The van der Waals surface area contributed by atoms with Gasteiger partial charge in [0.1, 0.15) is 18.2 Å². The molecule has 0 aliphatic carbocycles. The van der Waals surface area contributed by atoms with Crippen molar-refractivity contribution in [1.82, 2.24) is 0 Å². The van der Waals surface area contributed by atoms with Gasteiger partial charge in [-0.15, -0.1) is 0 Å². The number of halogens is 1. The lowest BCUT2D eigenvalue weighted by Gasteiger charge is -2.04. The highest BCUT2D eigenvalue weighted by Gasteiger charge is 2.11. The van der Waals surface area contributed by atoms with Crippen LogP contribution in [-0.4, -0.2) is 11.9 Å². The van der Waals surface area contributed by atoms with E-state index in [0.717, 1.165) is 17.2 Å². The first-order valence-electron chi connectivity index (χ1n) is 6.94. The third-order valence-corrected chi connectivity index (χ3v) is 3.14. The second kappa shape index (κ2) is 8.76. The van der Waals surface area contributed by atoms with Crippen molar-refractivity contribution < 1.29 is 19.1 Å². The van der Waals surface area contributed by atoms with Gasteiger partial charge in [0.25, 0.3) is 0 Å². The predicted octanol–water partition coefficient (Wildman–Crippen LogP) is 3.60. The Kier molecular flexibility index (Phi) is 6.39. The highest BCUT2D eigenvalue weighted by molar-refractivity contribution is 6.42. The van der Waals surface area contributed by atoms with Crippen molar-refractivity contribution >= 4 is 23.5 Å². The number of hydrogen-bond acceptors (Lipinski definition) is 4. The third-order valence-electron chi connectivity index (χ3n) is 2.88. The monoisotopic (exact) mass is 330 g/mol. The van der Waals surface area contributed by atoms with Gasteiger partial charge in [-0.05, 0) is 11.1 Å². The van der Waals surface area contributed by atoms with E-state index in [1.165, 1.54) is 0 Å². The van der Waals surface area contributed by atoms with Crippen molar-refractivity contribution in [2.75, 3.05) is 0 Å². The molecule has 0 saturated carbocycles. The Bertz CT molecular complexity index is 681. The van der Waals surface area contributed by atoms with Crippen LogP contribution in [0.1, 0.15) is 11.1 Å². The van der Waals surface area contributed by atoms with Crippen molar-refractivity contribution in [2.24, 2.45) is 0 Å². The summed E-state index contributed by atoms with van der Waals surface area (Å²) in [6.07, 6.45) is 0.915. The summed E-state index contributed by atoms with van der Waals surface area (Å²) in [5.74, 6) is -1.47. The van der Waals surface area contributed by atoms with Crippen molar-refractivity contribution in [2.45, 2.75) is 13.2 Å². The summed E-state index contributed by atoms with van der Waals surface area (Å²) in [4.78, 5) is 23.3. The summed E-state index contributed by atoms with van der Waals surface area (Å²) in [5.41, 5.74) is 1.67. The lowest BCUT2D eigenvalue weighted by Crippen LogP contribution is -2.08. The predicted molar refractivity (Wildman–Crippen MR) is 86.4 cm³/mol. The van der Waals surface area contributed by atoms with E-state index in [4.69, 9.17) is 21.1 Å². The van der Waals surface area contributed by atoms with E-state index in [9.17, 15) is 9.59 Å². The number of rotatable bonds is 6. The molecule has 2 aromatic rings. The van der Waals surface area contributed by atoms with Gasteiger partial charge in [-0.25, -0.2) is 9.59 Å². The van der Waals surface area contributed by atoms with Gasteiger partial charge in [-0.3, -0.25) is 0 Å². The van der Waals surface area contributed by atoms with E-state index in [1.807, 2.05) is 60.7 Å². The number of carbonyl (C=O) groups is 2. The molecule has 0 spiro atoms. The van der Waals surface area contributed by atoms with Crippen molar-refractivity contribution in [3.05, 3.63) is 82.9 Å². The average molecular weight is 331 g/mol. The molecule has 0 aliphatic heterocycles. The molecule has 2 aromatic carbocycles. The number of ether oxygens (including phenoxy) is 2. The Hall–Kier alpha value is -2.59. The molecule has 118 valence electrons. The van der Waals surface area contributed by atoms with Crippen LogP contribution in [0, 0.1) is 0 Å². The van der Waals surface area contributed by atoms with E-state index in [-0.39, 0.29) is 18.2 Å². The molecule has 4 nitrogen and oxygen atoms in total. The van der Waals surface area contributed by atoms with Crippen LogP contribution in [0.25, 0.3) is 0 Å². The molecule has 0 fully saturated rings. The molecule has 0 bridgehead atoms. The van der Waals surface area contributed by atoms with Gasteiger partial charge in [0.05, 0.1) is 0 Å². The molecular weight excluding hydrogens is 316 g/mol. The molecular formula is C18H15ClO4. The first-order chi connectivity index (χ1) is 11.1. The maximum absolute atomic E-state index is 11.7. The van der Waals surface area contributed by atoms with E-state index >= 15 is 0 Å². The standard InChI is InChI=1S/C18H15ClO4/c19-16(18(21)23-13-15-9-5-2-6-10-15)11-17(20)22-12-14-7-3-1-4-8-14/h1-11H,12-13H2/b16-11+. The van der Waals surface area contributed by atoms with Gasteiger partial charge in [-0.1, -0.05) is 72.3 Å². The van der Waals surface area contributed by atoms with Gasteiger partial charge in [-0.2, -0.15) is 0 Å². The zero-order valence-corrected chi connectivity index (χ0v) is 13.0. The molecule has 0 unspecified atom stereocenters. The minimum atomic E-state index is -0.771. The molecule has 0 heterocycles. The van der Waals surface area contributed by atoms with E-state index in [2.05, 4.69) is 0 Å². The van der Waals surface area contributed by atoms with Crippen LogP contribution < -0.4 is 0 Å². The minimum Gasteiger partial charge on any atom is -0.458 e. The molecule has 0 saturated heterocycles. The minimum absolute atomic E-state index is 0.0861. The SMILES string of the molecule is O=C(/C=C(/Cl)C(=O)OCc1ccccc1)OCc1ccccc1. The number of hydrogen-bond donors (Lipinski definition) is 0. The van der Waals surface area contributed by atoms with E-state index in [1.54, 1.807) is 0 Å². The summed E-state index contributed by atoms with van der Waals surface area (Å²) in [5, 5.41) is -0.320. The van der Waals surface area contributed by atoms with E-state index in [0.29, 0.717) is 0 Å². The van der Waals surface area contributed by atoms with Gasteiger partial charge in [0.15, 0.2) is 0 Å². The van der Waals surface area contributed by atoms with Gasteiger partial charge < -0.3 is 9.47 Å². The molecule has 5 heteroatoms. The molecule has 23 heavy (non-hydrogen) atoms. The zero-order chi connectivity index (χ0) is 16.5. The Morgan fingerprint density at radius 1 is 0.826 bits per heavy atom. The van der Waals surface area contributed by atoms with Crippen molar-refractivity contribution in [1.29, 1.82) is 0 Å². The number of benzene rings is 2. The number of carbonyl (C=O) groups excluding carboxylic acids is 2. The fourth-order valence-corrected chi connectivity index (χ4v) is 1.87. The summed E-state index contributed by atoms with van der Waals surface area (Å²) >= 11 is 5.76. The van der Waals surface area contributed by atoms with Crippen LogP contribution in [0.3, 0.4) is 0 Å². The summed E-state index contributed by atoms with van der Waals surface area (Å²) in [7, 11) is 0. The van der Waals surface area contributed by atoms with Crippen LogP contribution in [-0.2, 0) is 32.3 Å². The Morgan fingerprint density at radius 3 is 1.83 bits per heavy atom. The lowest BCUT2D eigenvalue weighted by atomic mass is 10.2. The van der Waals surface area contributed by atoms with Crippen LogP contribution in [0.2, 0.25) is 0 Å². The molecule has 0 aromatic heterocycles. The van der Waals surface area contributed by atoms with Crippen LogP contribution in [0.4, 0.5) is 0 Å². The zero-order valence-electron chi connectivity index (χ0n) is 12.3. The van der Waals surface area contributed by atoms with Crippen LogP contribution in [0.15, 0.2) is 71.8 Å². The fraction of sp³-hybridized carbons (Fsp3) is 0.111. The second-order valence-corrected chi connectivity index (χ2v) is 5.05. The second-order valence-electron chi connectivity index (χ2n) is 4.65. The quantitative estimate of drug-likeness (QED) is 0.600. The first kappa shape index (κ1) is 16.8. The van der Waals surface area contributed by atoms with E-state index < -0.39 is 11.9 Å². The fourth-order valence-electron chi connectivity index (χ4n) is 1.72. The topological polar surface area (TPSA) is 52.6 Å². The summed E-state index contributed by atoms with van der Waals surface area (Å²) in [6, 6.07) is 18.4. The third kappa shape index (κ3) is 5.96. The Labute approximate surface area is 139 Å². The Balaban J connectivity index is 1.80. The highest BCUT2D eigenvalue weighted by atomic mass is 35.5.